The third-order valence-corrected chi connectivity index (χ3v) is 4.27. The highest BCUT2D eigenvalue weighted by Crippen LogP contribution is 2.32. The van der Waals surface area contributed by atoms with Gasteiger partial charge in [-0.1, -0.05) is 42.6 Å². The summed E-state index contributed by atoms with van der Waals surface area (Å²) in [4.78, 5) is 0. The van der Waals surface area contributed by atoms with Crippen LogP contribution in [0.4, 0.5) is 0 Å². The van der Waals surface area contributed by atoms with Crippen LogP contribution in [0.15, 0.2) is 18.2 Å². The van der Waals surface area contributed by atoms with Gasteiger partial charge in [-0.25, -0.2) is 0 Å². The zero-order valence-corrected chi connectivity index (χ0v) is 12.8. The predicted molar refractivity (Wildman–Crippen MR) is 78.9 cm³/mol. The molecule has 0 saturated carbocycles. The molecular formula is C15H20Cl2O2. The molecule has 1 heterocycles. The molecule has 19 heavy (non-hydrogen) atoms. The Morgan fingerprint density at radius 2 is 2.05 bits per heavy atom. The van der Waals surface area contributed by atoms with Crippen molar-refractivity contribution in [3.05, 3.63) is 33.8 Å². The molecule has 2 nitrogen and oxygen atoms in total. The summed E-state index contributed by atoms with van der Waals surface area (Å²) in [6.45, 7) is 4.07. The van der Waals surface area contributed by atoms with E-state index in [1.54, 1.807) is 0 Å². The first-order chi connectivity index (χ1) is 9.17. The van der Waals surface area contributed by atoms with Crippen LogP contribution in [-0.2, 0) is 16.1 Å². The summed E-state index contributed by atoms with van der Waals surface area (Å²) in [6.07, 6.45) is 4.35. The molecule has 1 fully saturated rings. The Morgan fingerprint density at radius 1 is 1.32 bits per heavy atom. The molecule has 0 spiro atoms. The summed E-state index contributed by atoms with van der Waals surface area (Å²) in [5.41, 5.74) is 0.762. The van der Waals surface area contributed by atoms with E-state index in [-0.39, 0.29) is 5.60 Å². The molecule has 1 aromatic rings. The average Bonchev–Trinajstić information content (AvgIpc) is 2.82. The standard InChI is InChI=1S/C15H20Cl2O2/c1-2-7-15(8-4-9-19-15)11-18-10-12-13(16)5-3-6-14(12)17/h3,5-6H,2,4,7-11H2,1H3. The van der Waals surface area contributed by atoms with E-state index in [2.05, 4.69) is 6.92 Å². The third-order valence-electron chi connectivity index (χ3n) is 3.56. The van der Waals surface area contributed by atoms with Crippen LogP contribution in [-0.4, -0.2) is 18.8 Å². The van der Waals surface area contributed by atoms with E-state index >= 15 is 0 Å². The Bertz CT molecular complexity index is 394. The fourth-order valence-corrected chi connectivity index (χ4v) is 3.11. The predicted octanol–water partition coefficient (Wildman–Crippen LogP) is 4.86. The van der Waals surface area contributed by atoms with E-state index in [9.17, 15) is 0 Å². The monoisotopic (exact) mass is 302 g/mol. The van der Waals surface area contributed by atoms with E-state index in [1.165, 1.54) is 0 Å². The number of benzene rings is 1. The van der Waals surface area contributed by atoms with Gasteiger partial charge >= 0.3 is 0 Å². The molecule has 0 radical (unpaired) electrons. The maximum absolute atomic E-state index is 6.13. The second kappa shape index (κ2) is 6.94. The van der Waals surface area contributed by atoms with Gasteiger partial charge in [-0.3, -0.25) is 0 Å². The molecular weight excluding hydrogens is 283 g/mol. The topological polar surface area (TPSA) is 18.5 Å². The van der Waals surface area contributed by atoms with Crippen molar-refractivity contribution in [1.82, 2.24) is 0 Å². The van der Waals surface area contributed by atoms with Crippen LogP contribution in [0.1, 0.15) is 38.2 Å². The minimum absolute atomic E-state index is 0.0948. The lowest BCUT2D eigenvalue weighted by atomic mass is 9.95. The molecule has 0 aliphatic carbocycles. The molecule has 4 heteroatoms. The van der Waals surface area contributed by atoms with Crippen LogP contribution in [0.5, 0.6) is 0 Å². The quantitative estimate of drug-likeness (QED) is 0.747. The second-order valence-corrected chi connectivity index (χ2v) is 5.89. The summed E-state index contributed by atoms with van der Waals surface area (Å²) in [5, 5.41) is 1.31. The van der Waals surface area contributed by atoms with Crippen LogP contribution in [0.25, 0.3) is 0 Å². The molecule has 1 aromatic carbocycles. The maximum Gasteiger partial charge on any atom is 0.0915 e. The highest BCUT2D eigenvalue weighted by atomic mass is 35.5. The zero-order chi connectivity index (χ0) is 13.7. The minimum atomic E-state index is -0.0948. The summed E-state index contributed by atoms with van der Waals surface area (Å²) in [7, 11) is 0. The van der Waals surface area contributed by atoms with Crippen molar-refractivity contribution >= 4 is 23.2 Å². The van der Waals surface area contributed by atoms with Crippen LogP contribution in [0, 0.1) is 0 Å². The lowest BCUT2D eigenvalue weighted by Gasteiger charge is -2.27. The minimum Gasteiger partial charge on any atom is -0.374 e. The van der Waals surface area contributed by atoms with Gasteiger partial charge in [0.2, 0.25) is 0 Å². The first kappa shape index (κ1) is 15.1. The molecule has 0 aromatic heterocycles. The van der Waals surface area contributed by atoms with Crippen LogP contribution in [0.2, 0.25) is 10.0 Å². The van der Waals surface area contributed by atoms with Gasteiger partial charge in [0.05, 0.1) is 18.8 Å². The smallest absolute Gasteiger partial charge is 0.0915 e. The maximum atomic E-state index is 6.13. The Labute approximate surface area is 125 Å². The number of halogens is 2. The van der Waals surface area contributed by atoms with Gasteiger partial charge in [-0.15, -0.1) is 0 Å². The summed E-state index contributed by atoms with van der Waals surface area (Å²) in [5.74, 6) is 0. The molecule has 1 saturated heterocycles. The zero-order valence-electron chi connectivity index (χ0n) is 11.3. The fraction of sp³-hybridized carbons (Fsp3) is 0.600. The molecule has 1 aliphatic heterocycles. The second-order valence-electron chi connectivity index (χ2n) is 5.08. The highest BCUT2D eigenvalue weighted by molar-refractivity contribution is 6.35. The van der Waals surface area contributed by atoms with Gasteiger partial charge in [0.15, 0.2) is 0 Å². The van der Waals surface area contributed by atoms with Crippen molar-refractivity contribution in [2.24, 2.45) is 0 Å². The van der Waals surface area contributed by atoms with E-state index in [1.807, 2.05) is 18.2 Å². The SMILES string of the molecule is CCCC1(COCc2c(Cl)cccc2Cl)CCCO1. The van der Waals surface area contributed by atoms with Gasteiger partial charge in [-0.05, 0) is 31.4 Å². The van der Waals surface area contributed by atoms with Crippen LogP contribution >= 0.6 is 23.2 Å². The van der Waals surface area contributed by atoms with Crippen molar-refractivity contribution in [2.45, 2.75) is 44.8 Å². The van der Waals surface area contributed by atoms with Crippen molar-refractivity contribution in [3.8, 4) is 0 Å². The molecule has 106 valence electrons. The molecule has 2 rings (SSSR count). The molecule has 0 amide bonds. The molecule has 1 aliphatic rings. The number of ether oxygens (including phenoxy) is 2. The van der Waals surface area contributed by atoms with E-state index < -0.39 is 0 Å². The summed E-state index contributed by atoms with van der Waals surface area (Å²) in [6, 6.07) is 5.51. The largest absolute Gasteiger partial charge is 0.374 e. The Kier molecular flexibility index (Phi) is 5.52. The third kappa shape index (κ3) is 3.85. The molecule has 1 atom stereocenters. The fourth-order valence-electron chi connectivity index (χ4n) is 2.60. The Hall–Kier alpha value is -0.280. The van der Waals surface area contributed by atoms with Crippen LogP contribution in [0.3, 0.4) is 0 Å². The van der Waals surface area contributed by atoms with Gasteiger partial charge in [-0.2, -0.15) is 0 Å². The van der Waals surface area contributed by atoms with Gasteiger partial charge < -0.3 is 9.47 Å². The van der Waals surface area contributed by atoms with Crippen molar-refractivity contribution in [2.75, 3.05) is 13.2 Å². The Balaban J connectivity index is 1.92. The van der Waals surface area contributed by atoms with Crippen molar-refractivity contribution in [3.63, 3.8) is 0 Å². The number of rotatable bonds is 6. The van der Waals surface area contributed by atoms with Gasteiger partial charge in [0.1, 0.15) is 0 Å². The average molecular weight is 303 g/mol. The van der Waals surface area contributed by atoms with Gasteiger partial charge in [0.25, 0.3) is 0 Å². The van der Waals surface area contributed by atoms with E-state index in [0.717, 1.165) is 37.9 Å². The summed E-state index contributed by atoms with van der Waals surface area (Å²) >= 11 is 12.3. The summed E-state index contributed by atoms with van der Waals surface area (Å²) < 4.78 is 11.7. The lowest BCUT2D eigenvalue weighted by molar-refractivity contribution is -0.0728. The molecule has 0 N–H and O–H groups in total. The van der Waals surface area contributed by atoms with Gasteiger partial charge in [0, 0.05) is 22.2 Å². The number of hydrogen-bond acceptors (Lipinski definition) is 2. The first-order valence-corrected chi connectivity index (χ1v) is 7.57. The van der Waals surface area contributed by atoms with Crippen molar-refractivity contribution in [1.29, 1.82) is 0 Å². The Morgan fingerprint density at radius 3 is 2.63 bits per heavy atom. The first-order valence-electron chi connectivity index (χ1n) is 6.81. The molecule has 0 bridgehead atoms. The molecule has 1 unspecified atom stereocenters. The van der Waals surface area contributed by atoms with E-state index in [0.29, 0.717) is 23.3 Å². The van der Waals surface area contributed by atoms with Crippen LogP contribution < -0.4 is 0 Å². The van der Waals surface area contributed by atoms with E-state index in [4.69, 9.17) is 32.7 Å². The lowest BCUT2D eigenvalue weighted by Crippen LogP contribution is -2.33. The highest BCUT2D eigenvalue weighted by Gasteiger charge is 2.34. The normalized spacial score (nSPS) is 22.9. The van der Waals surface area contributed by atoms with Crippen molar-refractivity contribution < 1.29 is 9.47 Å². The number of hydrogen-bond donors (Lipinski definition) is 0.